The van der Waals surface area contributed by atoms with Crippen LogP contribution in [0.3, 0.4) is 0 Å². The van der Waals surface area contributed by atoms with Gasteiger partial charge in [0.25, 0.3) is 0 Å². The van der Waals surface area contributed by atoms with Gasteiger partial charge in [-0.25, -0.2) is 0 Å². The predicted octanol–water partition coefficient (Wildman–Crippen LogP) is 0.661. The van der Waals surface area contributed by atoms with Gasteiger partial charge < -0.3 is 19.7 Å². The number of hydrogen-bond acceptors (Lipinski definition) is 4. The molecule has 0 amide bonds. The van der Waals surface area contributed by atoms with Gasteiger partial charge in [-0.1, -0.05) is 6.07 Å². The molecule has 4 nitrogen and oxygen atoms in total. The van der Waals surface area contributed by atoms with Crippen LogP contribution in [0.5, 0.6) is 11.5 Å². The number of aliphatic hydroxyl groups is 1. The fraction of sp³-hybridized carbons (Fsp3) is 0.455. The standard InChI is InChI=1S/C11H14O4/c1-14-10-4-8(2-3-9(10)13)11(5-12)6-15-7-11/h2-4,12-13H,5-7H2,1H3. The number of ether oxygens (including phenoxy) is 2. The molecular formula is C11H14O4. The van der Waals surface area contributed by atoms with Crippen molar-refractivity contribution in [2.45, 2.75) is 5.41 Å². The van der Waals surface area contributed by atoms with E-state index in [1.165, 1.54) is 7.11 Å². The summed E-state index contributed by atoms with van der Waals surface area (Å²) < 4.78 is 10.1. The van der Waals surface area contributed by atoms with Crippen LogP contribution in [-0.4, -0.2) is 37.1 Å². The molecule has 1 aliphatic heterocycles. The summed E-state index contributed by atoms with van der Waals surface area (Å²) in [5.74, 6) is 0.529. The van der Waals surface area contributed by atoms with Crippen LogP contribution in [-0.2, 0) is 10.2 Å². The molecular weight excluding hydrogens is 196 g/mol. The number of aromatic hydroxyl groups is 1. The summed E-state index contributed by atoms with van der Waals surface area (Å²) in [6, 6.07) is 5.11. The Hall–Kier alpha value is -1.26. The van der Waals surface area contributed by atoms with Crippen LogP contribution in [0.25, 0.3) is 0 Å². The Kier molecular flexibility index (Phi) is 2.54. The zero-order chi connectivity index (χ0) is 10.9. The van der Waals surface area contributed by atoms with Gasteiger partial charge in [0.15, 0.2) is 11.5 Å². The molecule has 0 radical (unpaired) electrons. The number of benzene rings is 1. The molecule has 1 fully saturated rings. The van der Waals surface area contributed by atoms with Gasteiger partial charge in [-0.05, 0) is 17.7 Å². The highest BCUT2D eigenvalue weighted by Crippen LogP contribution is 2.36. The lowest BCUT2D eigenvalue weighted by molar-refractivity contribution is -0.0842. The Morgan fingerprint density at radius 3 is 2.67 bits per heavy atom. The Morgan fingerprint density at radius 1 is 1.47 bits per heavy atom. The van der Waals surface area contributed by atoms with E-state index >= 15 is 0 Å². The van der Waals surface area contributed by atoms with Crippen LogP contribution in [0, 0.1) is 0 Å². The lowest BCUT2D eigenvalue weighted by Gasteiger charge is -2.40. The molecule has 1 aliphatic rings. The Balaban J connectivity index is 2.36. The second kappa shape index (κ2) is 3.72. The third-order valence-corrected chi connectivity index (χ3v) is 2.85. The van der Waals surface area contributed by atoms with Crippen molar-refractivity contribution in [1.29, 1.82) is 0 Å². The molecule has 0 bridgehead atoms. The van der Waals surface area contributed by atoms with Crippen molar-refractivity contribution in [3.8, 4) is 11.5 Å². The van der Waals surface area contributed by atoms with Crippen molar-refractivity contribution >= 4 is 0 Å². The minimum atomic E-state index is -0.318. The van der Waals surface area contributed by atoms with E-state index in [1.54, 1.807) is 18.2 Å². The third kappa shape index (κ3) is 1.56. The zero-order valence-electron chi connectivity index (χ0n) is 8.56. The topological polar surface area (TPSA) is 58.9 Å². The first-order chi connectivity index (χ1) is 7.22. The van der Waals surface area contributed by atoms with Gasteiger partial charge in [0.1, 0.15) is 0 Å². The number of aliphatic hydroxyl groups excluding tert-OH is 1. The van der Waals surface area contributed by atoms with Crippen LogP contribution in [0.1, 0.15) is 5.56 Å². The minimum absolute atomic E-state index is 0.0426. The summed E-state index contributed by atoms with van der Waals surface area (Å²) in [7, 11) is 1.50. The summed E-state index contributed by atoms with van der Waals surface area (Å²) in [6.45, 7) is 1.07. The van der Waals surface area contributed by atoms with E-state index in [1.807, 2.05) is 0 Å². The Bertz CT molecular complexity index is 352. The molecule has 1 aromatic rings. The molecule has 1 saturated heterocycles. The maximum Gasteiger partial charge on any atom is 0.160 e. The van der Waals surface area contributed by atoms with E-state index < -0.39 is 0 Å². The maximum absolute atomic E-state index is 9.45. The number of hydrogen-bond donors (Lipinski definition) is 2. The maximum atomic E-state index is 9.45. The Morgan fingerprint density at radius 2 is 2.20 bits per heavy atom. The van der Waals surface area contributed by atoms with E-state index in [0.717, 1.165) is 5.56 Å². The molecule has 0 saturated carbocycles. The predicted molar refractivity (Wildman–Crippen MR) is 54.2 cm³/mol. The highest BCUT2D eigenvalue weighted by Gasteiger charge is 2.40. The molecule has 0 spiro atoms. The highest BCUT2D eigenvalue weighted by atomic mass is 16.5. The van der Waals surface area contributed by atoms with Crippen molar-refractivity contribution in [2.75, 3.05) is 26.9 Å². The number of phenols is 1. The van der Waals surface area contributed by atoms with Gasteiger partial charge in [-0.3, -0.25) is 0 Å². The smallest absolute Gasteiger partial charge is 0.160 e. The van der Waals surface area contributed by atoms with Gasteiger partial charge in [-0.15, -0.1) is 0 Å². The van der Waals surface area contributed by atoms with E-state index in [-0.39, 0.29) is 17.8 Å². The van der Waals surface area contributed by atoms with E-state index in [9.17, 15) is 10.2 Å². The van der Waals surface area contributed by atoms with Crippen LogP contribution in [0.15, 0.2) is 18.2 Å². The Labute approximate surface area is 88.1 Å². The molecule has 2 N–H and O–H groups in total. The van der Waals surface area contributed by atoms with Crippen molar-refractivity contribution < 1.29 is 19.7 Å². The van der Waals surface area contributed by atoms with Gasteiger partial charge in [0, 0.05) is 0 Å². The molecule has 0 atom stereocenters. The lowest BCUT2D eigenvalue weighted by atomic mass is 9.79. The van der Waals surface area contributed by atoms with Crippen LogP contribution in [0.4, 0.5) is 0 Å². The molecule has 0 aromatic heterocycles. The van der Waals surface area contributed by atoms with Crippen LogP contribution < -0.4 is 4.74 Å². The highest BCUT2D eigenvalue weighted by molar-refractivity contribution is 5.45. The number of rotatable bonds is 3. The number of phenolic OH excluding ortho intramolecular Hbond substituents is 1. The van der Waals surface area contributed by atoms with Gasteiger partial charge >= 0.3 is 0 Å². The summed E-state index contributed by atoms with van der Waals surface area (Å²) in [5, 5.41) is 18.8. The minimum Gasteiger partial charge on any atom is -0.504 e. The summed E-state index contributed by atoms with van der Waals surface area (Å²) in [6.07, 6.45) is 0. The summed E-state index contributed by atoms with van der Waals surface area (Å²) in [5.41, 5.74) is 0.618. The van der Waals surface area contributed by atoms with Crippen LogP contribution >= 0.6 is 0 Å². The van der Waals surface area contributed by atoms with Crippen molar-refractivity contribution in [1.82, 2.24) is 0 Å². The lowest BCUT2D eigenvalue weighted by Crippen LogP contribution is -2.49. The average molecular weight is 210 g/mol. The van der Waals surface area contributed by atoms with Gasteiger partial charge in [0.2, 0.25) is 0 Å². The zero-order valence-corrected chi connectivity index (χ0v) is 8.56. The van der Waals surface area contributed by atoms with Crippen molar-refractivity contribution in [3.05, 3.63) is 23.8 Å². The van der Waals surface area contributed by atoms with E-state index in [0.29, 0.717) is 19.0 Å². The largest absolute Gasteiger partial charge is 0.504 e. The molecule has 4 heteroatoms. The van der Waals surface area contributed by atoms with Gasteiger partial charge in [0.05, 0.1) is 32.3 Å². The molecule has 82 valence electrons. The molecule has 15 heavy (non-hydrogen) atoms. The molecule has 0 aliphatic carbocycles. The van der Waals surface area contributed by atoms with Gasteiger partial charge in [-0.2, -0.15) is 0 Å². The van der Waals surface area contributed by atoms with Crippen LogP contribution in [0.2, 0.25) is 0 Å². The first kappa shape index (κ1) is 10.3. The van der Waals surface area contributed by atoms with E-state index in [2.05, 4.69) is 0 Å². The quantitative estimate of drug-likeness (QED) is 0.769. The average Bonchev–Trinajstić information content (AvgIpc) is 2.19. The van der Waals surface area contributed by atoms with Crippen molar-refractivity contribution in [2.24, 2.45) is 0 Å². The monoisotopic (exact) mass is 210 g/mol. The fourth-order valence-corrected chi connectivity index (χ4v) is 1.71. The molecule has 1 aromatic carbocycles. The second-order valence-corrected chi connectivity index (χ2v) is 3.82. The summed E-state index contributed by atoms with van der Waals surface area (Å²) >= 11 is 0. The first-order valence-corrected chi connectivity index (χ1v) is 4.78. The fourth-order valence-electron chi connectivity index (χ4n) is 1.71. The van der Waals surface area contributed by atoms with Crippen molar-refractivity contribution in [3.63, 3.8) is 0 Å². The molecule has 2 rings (SSSR count). The third-order valence-electron chi connectivity index (χ3n) is 2.85. The second-order valence-electron chi connectivity index (χ2n) is 3.82. The summed E-state index contributed by atoms with van der Waals surface area (Å²) in [4.78, 5) is 0. The number of methoxy groups -OCH3 is 1. The first-order valence-electron chi connectivity index (χ1n) is 4.78. The molecule has 1 heterocycles. The van der Waals surface area contributed by atoms with E-state index in [4.69, 9.17) is 9.47 Å². The normalized spacial score (nSPS) is 18.3. The molecule has 0 unspecified atom stereocenters. The SMILES string of the molecule is COc1cc(C2(CO)COC2)ccc1O.